The van der Waals surface area contributed by atoms with Gasteiger partial charge in [0.15, 0.2) is 0 Å². The van der Waals surface area contributed by atoms with E-state index < -0.39 is 5.82 Å². The molecule has 3 rings (SSSR count). The van der Waals surface area contributed by atoms with Gasteiger partial charge in [-0.05, 0) is 36.4 Å². The summed E-state index contributed by atoms with van der Waals surface area (Å²) in [4.78, 5) is 16.4. The average molecular weight is 326 g/mol. The number of ether oxygens (including phenoxy) is 2. The minimum atomic E-state index is -0.392. The predicted molar refractivity (Wildman–Crippen MR) is 88.6 cm³/mol. The van der Waals surface area contributed by atoms with Crippen LogP contribution in [0.5, 0.6) is 11.5 Å². The van der Waals surface area contributed by atoms with Crippen LogP contribution in [-0.4, -0.2) is 26.0 Å². The second kappa shape index (κ2) is 6.54. The molecule has 1 aliphatic rings. The largest absolute Gasteiger partial charge is 0.497 e. The number of halogens is 1. The van der Waals surface area contributed by atoms with Gasteiger partial charge in [-0.3, -0.25) is 4.79 Å². The first kappa shape index (κ1) is 15.7. The number of benzene rings is 2. The highest BCUT2D eigenvalue weighted by Crippen LogP contribution is 2.27. The van der Waals surface area contributed by atoms with Crippen molar-refractivity contribution in [3.63, 3.8) is 0 Å². The smallest absolute Gasteiger partial charge is 0.275 e. The summed E-state index contributed by atoms with van der Waals surface area (Å²) in [5, 5.41) is 2.64. The van der Waals surface area contributed by atoms with E-state index in [1.54, 1.807) is 50.6 Å². The molecule has 1 heterocycles. The number of nitrogens with zero attached hydrogens (tertiary/aromatic N) is 1. The quantitative estimate of drug-likeness (QED) is 0.879. The van der Waals surface area contributed by atoms with Crippen molar-refractivity contribution >= 4 is 17.8 Å². The number of methoxy groups -OCH3 is 2. The van der Waals surface area contributed by atoms with Crippen LogP contribution in [0.15, 0.2) is 53.2 Å². The Hall–Kier alpha value is -3.15. The number of amidine groups is 1. The maximum absolute atomic E-state index is 13.3. The number of hydrogen-bond acceptors (Lipinski definition) is 4. The minimum Gasteiger partial charge on any atom is -0.497 e. The normalized spacial score (nSPS) is 15.2. The second-order valence-corrected chi connectivity index (χ2v) is 5.06. The van der Waals surface area contributed by atoms with Crippen LogP contribution >= 0.6 is 0 Å². The van der Waals surface area contributed by atoms with Crippen LogP contribution in [0.3, 0.4) is 0 Å². The zero-order valence-electron chi connectivity index (χ0n) is 13.2. The van der Waals surface area contributed by atoms with E-state index in [1.807, 2.05) is 0 Å². The highest BCUT2D eigenvalue weighted by molar-refractivity contribution is 6.19. The van der Waals surface area contributed by atoms with Crippen LogP contribution in [0.4, 0.5) is 4.39 Å². The third kappa shape index (κ3) is 3.12. The van der Waals surface area contributed by atoms with E-state index in [0.717, 1.165) is 0 Å². The van der Waals surface area contributed by atoms with Crippen LogP contribution < -0.4 is 14.8 Å². The van der Waals surface area contributed by atoms with Crippen molar-refractivity contribution in [2.45, 2.75) is 0 Å². The molecule has 6 heteroatoms. The second-order valence-electron chi connectivity index (χ2n) is 5.06. The Morgan fingerprint density at radius 1 is 1.12 bits per heavy atom. The lowest BCUT2D eigenvalue weighted by atomic mass is 10.1. The van der Waals surface area contributed by atoms with Gasteiger partial charge in [0.2, 0.25) is 0 Å². The summed E-state index contributed by atoms with van der Waals surface area (Å²) in [5.74, 6) is 0.781. The van der Waals surface area contributed by atoms with Gasteiger partial charge in [-0.2, -0.15) is 0 Å². The molecule has 0 spiro atoms. The van der Waals surface area contributed by atoms with Crippen molar-refractivity contribution in [2.24, 2.45) is 4.99 Å². The van der Waals surface area contributed by atoms with Crippen LogP contribution in [0.2, 0.25) is 0 Å². The number of nitrogens with one attached hydrogen (secondary N) is 1. The van der Waals surface area contributed by atoms with E-state index in [2.05, 4.69) is 10.3 Å². The topological polar surface area (TPSA) is 59.9 Å². The van der Waals surface area contributed by atoms with Crippen molar-refractivity contribution in [1.29, 1.82) is 0 Å². The highest BCUT2D eigenvalue weighted by atomic mass is 19.1. The molecule has 0 unspecified atom stereocenters. The first-order chi connectivity index (χ1) is 11.6. The first-order valence-electron chi connectivity index (χ1n) is 7.20. The Kier molecular flexibility index (Phi) is 4.29. The van der Waals surface area contributed by atoms with Gasteiger partial charge >= 0.3 is 0 Å². The van der Waals surface area contributed by atoms with Gasteiger partial charge in [-0.1, -0.05) is 12.1 Å². The molecule has 122 valence electrons. The van der Waals surface area contributed by atoms with Crippen LogP contribution in [0.25, 0.3) is 6.08 Å². The van der Waals surface area contributed by atoms with Crippen molar-refractivity contribution in [3.05, 3.63) is 65.1 Å². The Bertz CT molecular complexity index is 859. The maximum Gasteiger partial charge on any atom is 0.275 e. The summed E-state index contributed by atoms with van der Waals surface area (Å²) in [5.41, 5.74) is 1.37. The molecular formula is C18H15FN2O3. The Balaban J connectivity index is 2.00. The summed E-state index contributed by atoms with van der Waals surface area (Å²) < 4.78 is 23.8. The lowest BCUT2D eigenvalue weighted by Crippen LogP contribution is -2.24. The molecule has 0 radical (unpaired) electrons. The zero-order valence-corrected chi connectivity index (χ0v) is 13.2. The van der Waals surface area contributed by atoms with Crippen LogP contribution in [0.1, 0.15) is 11.1 Å². The number of rotatable bonds is 4. The van der Waals surface area contributed by atoms with Crippen LogP contribution in [-0.2, 0) is 4.79 Å². The monoisotopic (exact) mass is 326 g/mol. The van der Waals surface area contributed by atoms with E-state index in [4.69, 9.17) is 9.47 Å². The van der Waals surface area contributed by atoms with Gasteiger partial charge < -0.3 is 14.8 Å². The van der Waals surface area contributed by atoms with E-state index in [-0.39, 0.29) is 11.6 Å². The summed E-state index contributed by atoms with van der Waals surface area (Å²) in [6, 6.07) is 11.1. The fourth-order valence-corrected chi connectivity index (χ4v) is 2.34. The number of carbonyl (C=O) groups is 1. The zero-order chi connectivity index (χ0) is 17.1. The van der Waals surface area contributed by atoms with Crippen molar-refractivity contribution in [1.82, 2.24) is 5.32 Å². The summed E-state index contributed by atoms with van der Waals surface area (Å²) >= 11 is 0. The molecule has 1 amide bonds. The molecule has 0 saturated carbocycles. The number of aliphatic imine (C=N–C) groups is 1. The first-order valence-corrected chi connectivity index (χ1v) is 7.20. The molecule has 5 nitrogen and oxygen atoms in total. The fourth-order valence-electron chi connectivity index (χ4n) is 2.34. The Labute approximate surface area is 138 Å². The van der Waals surface area contributed by atoms with E-state index in [0.29, 0.717) is 28.5 Å². The van der Waals surface area contributed by atoms with Gasteiger partial charge in [-0.15, -0.1) is 0 Å². The average Bonchev–Trinajstić information content (AvgIpc) is 2.95. The van der Waals surface area contributed by atoms with Crippen molar-refractivity contribution < 1.29 is 18.7 Å². The molecule has 24 heavy (non-hydrogen) atoms. The van der Waals surface area contributed by atoms with E-state index in [1.165, 1.54) is 12.1 Å². The molecule has 0 aromatic heterocycles. The third-order valence-electron chi connectivity index (χ3n) is 3.52. The SMILES string of the molecule is COc1ccc(OC)c(C=C2N=C(c3cccc(F)c3)NC2=O)c1. The van der Waals surface area contributed by atoms with Gasteiger partial charge in [0.05, 0.1) is 14.2 Å². The molecule has 0 saturated heterocycles. The molecular weight excluding hydrogens is 311 g/mol. The fraction of sp³-hybridized carbons (Fsp3) is 0.111. The standard InChI is InChI=1S/C18H15FN2O3/c1-23-14-6-7-16(24-2)12(9-14)10-15-18(22)21-17(20-15)11-4-3-5-13(19)8-11/h3-10H,1-2H3,(H,20,21,22). The Morgan fingerprint density at radius 3 is 2.67 bits per heavy atom. The van der Waals surface area contributed by atoms with E-state index >= 15 is 0 Å². The van der Waals surface area contributed by atoms with E-state index in [9.17, 15) is 9.18 Å². The molecule has 0 fully saturated rings. The molecule has 1 N–H and O–H groups in total. The molecule has 2 aromatic carbocycles. The molecule has 0 aliphatic carbocycles. The lowest BCUT2D eigenvalue weighted by molar-refractivity contribution is -0.115. The molecule has 1 aliphatic heterocycles. The third-order valence-corrected chi connectivity index (χ3v) is 3.52. The highest BCUT2D eigenvalue weighted by Gasteiger charge is 2.22. The predicted octanol–water partition coefficient (Wildman–Crippen LogP) is 2.76. The number of carbonyl (C=O) groups excluding carboxylic acids is 1. The van der Waals surface area contributed by atoms with Gasteiger partial charge in [0.1, 0.15) is 28.8 Å². The minimum absolute atomic E-state index is 0.209. The van der Waals surface area contributed by atoms with Gasteiger partial charge in [0.25, 0.3) is 5.91 Å². The van der Waals surface area contributed by atoms with Crippen LogP contribution in [0, 0.1) is 5.82 Å². The lowest BCUT2D eigenvalue weighted by Gasteiger charge is -2.07. The molecule has 0 atom stereocenters. The molecule has 0 bridgehead atoms. The number of amides is 1. The Morgan fingerprint density at radius 2 is 1.96 bits per heavy atom. The van der Waals surface area contributed by atoms with Gasteiger partial charge in [0, 0.05) is 11.1 Å². The number of hydrogen-bond donors (Lipinski definition) is 1. The van der Waals surface area contributed by atoms with Crippen molar-refractivity contribution in [2.75, 3.05) is 14.2 Å². The summed E-state index contributed by atoms with van der Waals surface area (Å²) in [7, 11) is 3.10. The summed E-state index contributed by atoms with van der Waals surface area (Å²) in [6.45, 7) is 0. The summed E-state index contributed by atoms with van der Waals surface area (Å²) in [6.07, 6.45) is 1.60. The van der Waals surface area contributed by atoms with Gasteiger partial charge in [-0.25, -0.2) is 9.38 Å². The van der Waals surface area contributed by atoms with Crippen molar-refractivity contribution in [3.8, 4) is 11.5 Å². The molecule has 2 aromatic rings. The maximum atomic E-state index is 13.3.